The summed E-state index contributed by atoms with van der Waals surface area (Å²) in [6, 6.07) is 9.75. The van der Waals surface area contributed by atoms with E-state index in [1.54, 1.807) is 0 Å². The Morgan fingerprint density at radius 1 is 1.31 bits per heavy atom. The molecule has 1 aromatic carbocycles. The third-order valence-electron chi connectivity index (χ3n) is 2.72. The molecule has 1 saturated heterocycles. The Labute approximate surface area is 94.4 Å². The average molecular weight is 224 g/mol. The van der Waals surface area contributed by atoms with Crippen molar-refractivity contribution in [2.24, 2.45) is 0 Å². The van der Waals surface area contributed by atoms with Crippen LogP contribution in [0.5, 0.6) is 0 Å². The normalized spacial score (nSPS) is 29.5. The summed E-state index contributed by atoms with van der Waals surface area (Å²) in [6.07, 6.45) is -1.60. The summed E-state index contributed by atoms with van der Waals surface area (Å²) in [5.74, 6) is 0. The second-order valence-corrected chi connectivity index (χ2v) is 3.88. The Bertz CT molecular complexity index is 314. The molecule has 0 spiro atoms. The first-order valence-electron chi connectivity index (χ1n) is 5.37. The minimum absolute atomic E-state index is 0.174. The van der Waals surface area contributed by atoms with E-state index >= 15 is 0 Å². The fraction of sp³-hybridized carbons (Fsp3) is 0.500. The zero-order valence-corrected chi connectivity index (χ0v) is 8.95. The van der Waals surface area contributed by atoms with Crippen molar-refractivity contribution in [2.45, 2.75) is 24.9 Å². The first kappa shape index (κ1) is 11.5. The molecule has 1 unspecified atom stereocenters. The molecule has 1 heterocycles. The van der Waals surface area contributed by atoms with Gasteiger partial charge in [0, 0.05) is 0 Å². The van der Waals surface area contributed by atoms with Crippen molar-refractivity contribution in [3.8, 4) is 0 Å². The van der Waals surface area contributed by atoms with Crippen molar-refractivity contribution in [2.75, 3.05) is 13.2 Å². The maximum Gasteiger partial charge on any atom is 0.111 e. The molecule has 88 valence electrons. The molecule has 2 rings (SSSR count). The number of benzene rings is 1. The van der Waals surface area contributed by atoms with Crippen LogP contribution in [0.4, 0.5) is 0 Å². The molecule has 1 aliphatic heterocycles. The van der Waals surface area contributed by atoms with E-state index < -0.39 is 12.2 Å². The minimum atomic E-state index is -0.742. The van der Waals surface area contributed by atoms with Crippen LogP contribution >= 0.6 is 0 Å². The molecule has 0 bridgehead atoms. The highest BCUT2D eigenvalue weighted by Crippen LogP contribution is 2.18. The highest BCUT2D eigenvalue weighted by Gasteiger charge is 2.35. The molecule has 0 radical (unpaired) electrons. The number of rotatable bonds is 4. The molecule has 1 aliphatic rings. The van der Waals surface area contributed by atoms with E-state index in [-0.39, 0.29) is 12.7 Å². The van der Waals surface area contributed by atoms with Crippen LogP contribution in [0.2, 0.25) is 0 Å². The summed E-state index contributed by atoms with van der Waals surface area (Å²) >= 11 is 0. The largest absolute Gasteiger partial charge is 0.394 e. The molecular weight excluding hydrogens is 208 g/mol. The summed E-state index contributed by atoms with van der Waals surface area (Å²) in [7, 11) is 0. The first-order valence-corrected chi connectivity index (χ1v) is 5.37. The van der Waals surface area contributed by atoms with E-state index in [1.807, 2.05) is 30.3 Å². The number of hydrogen-bond acceptors (Lipinski definition) is 4. The predicted molar refractivity (Wildman–Crippen MR) is 57.9 cm³/mol. The molecule has 0 aromatic heterocycles. The lowest BCUT2D eigenvalue weighted by Crippen LogP contribution is -2.33. The van der Waals surface area contributed by atoms with Crippen LogP contribution in [0.1, 0.15) is 5.56 Å². The fourth-order valence-corrected chi connectivity index (χ4v) is 1.74. The number of ether oxygens (including phenoxy) is 2. The molecule has 3 atom stereocenters. The van der Waals surface area contributed by atoms with Gasteiger partial charge in [-0.15, -0.1) is 0 Å². The first-order chi connectivity index (χ1) is 7.81. The van der Waals surface area contributed by atoms with Gasteiger partial charge >= 0.3 is 0 Å². The number of aliphatic hydroxyl groups excluding tert-OH is 2. The van der Waals surface area contributed by atoms with Gasteiger partial charge in [0.2, 0.25) is 0 Å². The molecule has 0 saturated carbocycles. The average Bonchev–Trinajstić information content (AvgIpc) is 2.69. The second kappa shape index (κ2) is 5.41. The van der Waals surface area contributed by atoms with Gasteiger partial charge in [0.25, 0.3) is 0 Å². The lowest BCUT2D eigenvalue weighted by Gasteiger charge is -2.16. The molecular formula is C12H16O4. The smallest absolute Gasteiger partial charge is 0.111 e. The molecule has 2 N–H and O–H groups in total. The van der Waals surface area contributed by atoms with Crippen LogP contribution in [0.3, 0.4) is 0 Å². The predicted octanol–water partition coefficient (Wildman–Crippen LogP) is 0.324. The van der Waals surface area contributed by atoms with Crippen LogP contribution in [0, 0.1) is 0 Å². The Hall–Kier alpha value is -0.940. The van der Waals surface area contributed by atoms with Gasteiger partial charge < -0.3 is 19.7 Å². The van der Waals surface area contributed by atoms with E-state index in [2.05, 4.69) is 0 Å². The van der Waals surface area contributed by atoms with E-state index in [0.717, 1.165) is 5.56 Å². The zero-order valence-electron chi connectivity index (χ0n) is 8.95. The second-order valence-electron chi connectivity index (χ2n) is 3.88. The van der Waals surface area contributed by atoms with Crippen molar-refractivity contribution >= 4 is 0 Å². The third-order valence-corrected chi connectivity index (χ3v) is 2.72. The topological polar surface area (TPSA) is 58.9 Å². The third kappa shape index (κ3) is 2.59. The number of hydrogen-bond donors (Lipinski definition) is 2. The van der Waals surface area contributed by atoms with Crippen LogP contribution in [-0.4, -0.2) is 41.7 Å². The Morgan fingerprint density at radius 3 is 2.69 bits per heavy atom. The Morgan fingerprint density at radius 2 is 2.06 bits per heavy atom. The van der Waals surface area contributed by atoms with Gasteiger partial charge in [0.1, 0.15) is 18.3 Å². The van der Waals surface area contributed by atoms with E-state index in [4.69, 9.17) is 14.6 Å². The summed E-state index contributed by atoms with van der Waals surface area (Å²) in [6.45, 7) is 0.607. The van der Waals surface area contributed by atoms with Gasteiger partial charge in [-0.3, -0.25) is 0 Å². The van der Waals surface area contributed by atoms with Gasteiger partial charge in [0.05, 0.1) is 19.8 Å². The lowest BCUT2D eigenvalue weighted by molar-refractivity contribution is -0.0340. The van der Waals surface area contributed by atoms with E-state index in [0.29, 0.717) is 13.2 Å². The quantitative estimate of drug-likeness (QED) is 0.773. The van der Waals surface area contributed by atoms with Crippen molar-refractivity contribution in [1.29, 1.82) is 0 Å². The summed E-state index contributed by atoms with van der Waals surface area (Å²) in [4.78, 5) is 0. The standard InChI is InChI=1S/C12H16O4/c13-6-10-12(14)11(8-16-10)15-7-9-4-2-1-3-5-9/h1-5,10-14H,6-8H2/t10?,11-,12+/m1/s1. The van der Waals surface area contributed by atoms with Crippen LogP contribution in [-0.2, 0) is 16.1 Å². The SMILES string of the molecule is OCC1OC[C@@H](OCc2ccccc2)[C@H]1O. The van der Waals surface area contributed by atoms with E-state index in [1.165, 1.54) is 0 Å². The van der Waals surface area contributed by atoms with Gasteiger partial charge in [0.15, 0.2) is 0 Å². The molecule has 1 aromatic rings. The van der Waals surface area contributed by atoms with Gasteiger partial charge in [-0.25, -0.2) is 0 Å². The molecule has 0 amide bonds. The van der Waals surface area contributed by atoms with Gasteiger partial charge in [-0.1, -0.05) is 30.3 Å². The fourth-order valence-electron chi connectivity index (χ4n) is 1.74. The molecule has 1 fully saturated rings. The zero-order chi connectivity index (χ0) is 11.4. The van der Waals surface area contributed by atoms with Crippen molar-refractivity contribution < 1.29 is 19.7 Å². The van der Waals surface area contributed by atoms with Crippen molar-refractivity contribution in [3.05, 3.63) is 35.9 Å². The highest BCUT2D eigenvalue weighted by atomic mass is 16.6. The Balaban J connectivity index is 1.83. The van der Waals surface area contributed by atoms with Crippen molar-refractivity contribution in [3.63, 3.8) is 0 Å². The maximum absolute atomic E-state index is 9.72. The van der Waals surface area contributed by atoms with E-state index in [9.17, 15) is 5.11 Å². The van der Waals surface area contributed by atoms with Gasteiger partial charge in [-0.2, -0.15) is 0 Å². The molecule has 4 nitrogen and oxygen atoms in total. The maximum atomic E-state index is 9.72. The lowest BCUT2D eigenvalue weighted by atomic mass is 10.1. The van der Waals surface area contributed by atoms with Crippen LogP contribution in [0.25, 0.3) is 0 Å². The summed E-state index contributed by atoms with van der Waals surface area (Å²) < 4.78 is 10.7. The van der Waals surface area contributed by atoms with Crippen LogP contribution in [0.15, 0.2) is 30.3 Å². The van der Waals surface area contributed by atoms with Crippen molar-refractivity contribution in [1.82, 2.24) is 0 Å². The van der Waals surface area contributed by atoms with Crippen LogP contribution < -0.4 is 0 Å². The summed E-state index contributed by atoms with van der Waals surface area (Å²) in [5, 5.41) is 18.6. The van der Waals surface area contributed by atoms with Gasteiger partial charge in [-0.05, 0) is 5.56 Å². The minimum Gasteiger partial charge on any atom is -0.394 e. The molecule has 4 heteroatoms. The highest BCUT2D eigenvalue weighted by molar-refractivity contribution is 5.13. The molecule has 0 aliphatic carbocycles. The number of aliphatic hydroxyl groups is 2. The monoisotopic (exact) mass is 224 g/mol. The summed E-state index contributed by atoms with van der Waals surface area (Å²) in [5.41, 5.74) is 1.06. The molecule has 16 heavy (non-hydrogen) atoms. The Kier molecular flexibility index (Phi) is 3.90.